The minimum Gasteiger partial charge on any atom is -0.457 e. The topological polar surface area (TPSA) is 46.5 Å². The van der Waals surface area contributed by atoms with E-state index in [0.717, 1.165) is 32.1 Å². The number of alkyl halides is 1. The van der Waals surface area contributed by atoms with Crippen molar-refractivity contribution in [1.82, 2.24) is 0 Å². The standard InChI is InChI=1S/C11H15ClO3/c12-7-3-1-6-11(14)8(7)15-9(13)10(11)4-2-5-10/h7-8,14H,1-6H2/t7-,8+,11-/m0/s1. The molecule has 1 spiro atoms. The number of carbonyl (C=O) groups is 1. The summed E-state index contributed by atoms with van der Waals surface area (Å²) in [4.78, 5) is 11.9. The maximum absolute atomic E-state index is 11.9. The van der Waals surface area contributed by atoms with Crippen LogP contribution >= 0.6 is 11.6 Å². The molecule has 0 aromatic carbocycles. The summed E-state index contributed by atoms with van der Waals surface area (Å²) >= 11 is 6.14. The second kappa shape index (κ2) is 2.89. The Balaban J connectivity index is 2.01. The first-order valence-corrected chi connectivity index (χ1v) is 6.11. The zero-order chi connectivity index (χ0) is 10.7. The van der Waals surface area contributed by atoms with Gasteiger partial charge in [-0.3, -0.25) is 4.79 Å². The number of ether oxygens (including phenoxy) is 1. The Labute approximate surface area is 93.7 Å². The van der Waals surface area contributed by atoms with Crippen molar-refractivity contribution in [2.75, 3.05) is 0 Å². The van der Waals surface area contributed by atoms with Crippen LogP contribution in [0, 0.1) is 5.41 Å². The predicted molar refractivity (Wildman–Crippen MR) is 54.6 cm³/mol. The van der Waals surface area contributed by atoms with Gasteiger partial charge in [-0.25, -0.2) is 0 Å². The molecule has 3 atom stereocenters. The van der Waals surface area contributed by atoms with E-state index in [1.165, 1.54) is 0 Å². The Morgan fingerprint density at radius 3 is 2.67 bits per heavy atom. The lowest BCUT2D eigenvalue weighted by molar-refractivity contribution is -0.158. The van der Waals surface area contributed by atoms with Crippen molar-refractivity contribution in [3.05, 3.63) is 0 Å². The molecule has 3 fully saturated rings. The second-order valence-electron chi connectivity index (χ2n) is 5.09. The van der Waals surface area contributed by atoms with Gasteiger partial charge in [0.2, 0.25) is 0 Å². The quantitative estimate of drug-likeness (QED) is 0.508. The molecular weight excluding hydrogens is 216 g/mol. The summed E-state index contributed by atoms with van der Waals surface area (Å²) in [7, 11) is 0. The summed E-state index contributed by atoms with van der Waals surface area (Å²) in [6.45, 7) is 0. The summed E-state index contributed by atoms with van der Waals surface area (Å²) in [5.74, 6) is -0.214. The van der Waals surface area contributed by atoms with E-state index in [9.17, 15) is 9.90 Å². The molecule has 2 aliphatic carbocycles. The Bertz CT molecular complexity index is 313. The lowest BCUT2D eigenvalue weighted by atomic mass is 9.55. The summed E-state index contributed by atoms with van der Waals surface area (Å²) in [5, 5.41) is 10.5. The Morgan fingerprint density at radius 1 is 1.33 bits per heavy atom. The number of esters is 1. The predicted octanol–water partition coefficient (Wildman–Crippen LogP) is 1.60. The molecule has 3 rings (SSSR count). The van der Waals surface area contributed by atoms with Gasteiger partial charge in [0.25, 0.3) is 0 Å². The lowest BCUT2D eigenvalue weighted by Crippen LogP contribution is -2.59. The van der Waals surface area contributed by atoms with E-state index in [1.807, 2.05) is 0 Å². The van der Waals surface area contributed by atoms with E-state index in [1.54, 1.807) is 0 Å². The first-order chi connectivity index (χ1) is 7.10. The van der Waals surface area contributed by atoms with Gasteiger partial charge in [0.05, 0.1) is 5.38 Å². The third kappa shape index (κ3) is 0.986. The lowest BCUT2D eigenvalue weighted by Gasteiger charge is -2.48. The Morgan fingerprint density at radius 2 is 2.07 bits per heavy atom. The molecule has 2 saturated carbocycles. The molecule has 0 amide bonds. The monoisotopic (exact) mass is 230 g/mol. The summed E-state index contributed by atoms with van der Waals surface area (Å²) in [5.41, 5.74) is -1.59. The van der Waals surface area contributed by atoms with Crippen LogP contribution in [0.3, 0.4) is 0 Å². The van der Waals surface area contributed by atoms with Crippen LogP contribution in [0.15, 0.2) is 0 Å². The molecule has 15 heavy (non-hydrogen) atoms. The summed E-state index contributed by atoms with van der Waals surface area (Å²) in [6.07, 6.45) is 4.45. The molecule has 1 N–H and O–H groups in total. The van der Waals surface area contributed by atoms with E-state index in [0.29, 0.717) is 6.42 Å². The molecule has 4 heteroatoms. The van der Waals surface area contributed by atoms with Gasteiger partial charge in [-0.2, -0.15) is 0 Å². The van der Waals surface area contributed by atoms with Gasteiger partial charge in [-0.1, -0.05) is 6.42 Å². The summed E-state index contributed by atoms with van der Waals surface area (Å²) < 4.78 is 5.32. The van der Waals surface area contributed by atoms with Crippen molar-refractivity contribution in [3.63, 3.8) is 0 Å². The zero-order valence-corrected chi connectivity index (χ0v) is 9.29. The molecule has 0 unspecified atom stereocenters. The van der Waals surface area contributed by atoms with E-state index in [2.05, 4.69) is 0 Å². The van der Waals surface area contributed by atoms with Gasteiger partial charge in [0, 0.05) is 0 Å². The van der Waals surface area contributed by atoms with Gasteiger partial charge >= 0.3 is 5.97 Å². The molecule has 0 radical (unpaired) electrons. The maximum atomic E-state index is 11.9. The van der Waals surface area contributed by atoms with E-state index < -0.39 is 17.1 Å². The van der Waals surface area contributed by atoms with Gasteiger partial charge in [-0.15, -0.1) is 11.6 Å². The Kier molecular flexibility index (Phi) is 1.91. The highest BCUT2D eigenvalue weighted by Gasteiger charge is 2.71. The fraction of sp³-hybridized carbons (Fsp3) is 0.909. The highest BCUT2D eigenvalue weighted by atomic mass is 35.5. The van der Waals surface area contributed by atoms with Crippen LogP contribution in [0.2, 0.25) is 0 Å². The van der Waals surface area contributed by atoms with Crippen LogP contribution in [0.25, 0.3) is 0 Å². The molecular formula is C11H15ClO3. The van der Waals surface area contributed by atoms with Crippen molar-refractivity contribution in [3.8, 4) is 0 Å². The van der Waals surface area contributed by atoms with E-state index in [-0.39, 0.29) is 11.3 Å². The molecule has 1 saturated heterocycles. The van der Waals surface area contributed by atoms with Crippen molar-refractivity contribution in [2.24, 2.45) is 5.41 Å². The van der Waals surface area contributed by atoms with Gasteiger partial charge in [0.1, 0.15) is 17.1 Å². The minimum atomic E-state index is -0.979. The highest BCUT2D eigenvalue weighted by Crippen LogP contribution is 2.60. The SMILES string of the molecule is O=C1O[C@@H]2[C@@H](Cl)CCC[C@@]2(O)C12CCC2. The largest absolute Gasteiger partial charge is 0.457 e. The number of hydrogen-bond donors (Lipinski definition) is 1. The molecule has 3 nitrogen and oxygen atoms in total. The van der Waals surface area contributed by atoms with Crippen molar-refractivity contribution < 1.29 is 14.6 Å². The maximum Gasteiger partial charge on any atom is 0.315 e. The molecule has 0 aromatic heterocycles. The molecule has 84 valence electrons. The molecule has 1 heterocycles. The molecule has 1 aliphatic heterocycles. The number of fused-ring (bicyclic) bond motifs is 2. The summed E-state index contributed by atoms with van der Waals surface area (Å²) in [6, 6.07) is 0. The number of aliphatic hydroxyl groups is 1. The van der Waals surface area contributed by atoms with Crippen molar-refractivity contribution in [2.45, 2.75) is 55.6 Å². The van der Waals surface area contributed by atoms with Crippen LogP contribution in [0.5, 0.6) is 0 Å². The third-order valence-electron chi connectivity index (χ3n) is 4.50. The van der Waals surface area contributed by atoms with Gasteiger partial charge < -0.3 is 9.84 Å². The van der Waals surface area contributed by atoms with E-state index >= 15 is 0 Å². The highest BCUT2D eigenvalue weighted by molar-refractivity contribution is 6.21. The normalized spacial score (nSPS) is 47.2. The van der Waals surface area contributed by atoms with Crippen molar-refractivity contribution >= 4 is 17.6 Å². The van der Waals surface area contributed by atoms with Gasteiger partial charge in [0.15, 0.2) is 0 Å². The molecule has 0 aromatic rings. The van der Waals surface area contributed by atoms with Crippen LogP contribution in [-0.4, -0.2) is 28.2 Å². The number of carbonyl (C=O) groups excluding carboxylic acids is 1. The van der Waals surface area contributed by atoms with Gasteiger partial charge in [-0.05, 0) is 32.1 Å². The first-order valence-electron chi connectivity index (χ1n) is 5.68. The average Bonchev–Trinajstić information content (AvgIpc) is 2.33. The molecule has 3 aliphatic rings. The third-order valence-corrected chi connectivity index (χ3v) is 4.94. The van der Waals surface area contributed by atoms with E-state index in [4.69, 9.17) is 16.3 Å². The van der Waals surface area contributed by atoms with Crippen molar-refractivity contribution in [1.29, 1.82) is 0 Å². The fourth-order valence-electron chi connectivity index (χ4n) is 3.41. The Hall–Kier alpha value is -0.280. The number of hydrogen-bond acceptors (Lipinski definition) is 3. The second-order valence-corrected chi connectivity index (χ2v) is 5.65. The first kappa shape index (κ1) is 9.91. The van der Waals surface area contributed by atoms with Crippen LogP contribution < -0.4 is 0 Å². The molecule has 0 bridgehead atoms. The fourth-order valence-corrected chi connectivity index (χ4v) is 3.83. The number of halogens is 1. The van der Waals surface area contributed by atoms with Crippen LogP contribution in [-0.2, 0) is 9.53 Å². The van der Waals surface area contributed by atoms with Crippen LogP contribution in [0.1, 0.15) is 38.5 Å². The van der Waals surface area contributed by atoms with Crippen LogP contribution in [0.4, 0.5) is 0 Å². The zero-order valence-electron chi connectivity index (χ0n) is 8.54. The average molecular weight is 231 g/mol. The number of rotatable bonds is 0. The smallest absolute Gasteiger partial charge is 0.315 e. The minimum absolute atomic E-state index is 0.214.